The number of aliphatic imine (C=N–C) groups is 1. The Morgan fingerprint density at radius 2 is 1.90 bits per heavy atom. The zero-order valence-electron chi connectivity index (χ0n) is 16.8. The van der Waals surface area contributed by atoms with Crippen LogP contribution in [-0.2, 0) is 4.79 Å². The van der Waals surface area contributed by atoms with Crippen LogP contribution in [0.15, 0.2) is 72.0 Å². The maximum Gasteiger partial charge on any atom is 0.243 e. The van der Waals surface area contributed by atoms with E-state index in [0.29, 0.717) is 24.8 Å². The van der Waals surface area contributed by atoms with E-state index in [-0.39, 0.29) is 36.4 Å². The van der Waals surface area contributed by atoms with Gasteiger partial charge in [0.15, 0.2) is 5.96 Å². The maximum atomic E-state index is 12.0. The molecule has 2 aromatic carbocycles. The van der Waals surface area contributed by atoms with E-state index in [1.807, 2.05) is 24.3 Å². The smallest absolute Gasteiger partial charge is 0.243 e. The zero-order chi connectivity index (χ0) is 20.3. The lowest BCUT2D eigenvalue weighted by Crippen LogP contribution is -2.41. The minimum atomic E-state index is -0.166. The molecule has 0 fully saturated rings. The van der Waals surface area contributed by atoms with Crippen molar-refractivity contribution in [3.05, 3.63) is 67.0 Å². The summed E-state index contributed by atoms with van der Waals surface area (Å²) in [5, 5.41) is 11.3. The molecule has 0 bridgehead atoms. The SMILES string of the molecule is CN=C(NCCCOc1ccc2ccccc2c1)NCC(=O)Nc1cccnc1.I. The number of nitrogens with zero attached hydrogens (tertiary/aromatic N) is 2. The lowest BCUT2D eigenvalue weighted by molar-refractivity contribution is -0.115. The molecule has 1 aromatic heterocycles. The number of carbonyl (C=O) groups is 1. The molecular weight excluding hydrogens is 493 g/mol. The van der Waals surface area contributed by atoms with Crippen molar-refractivity contribution in [2.45, 2.75) is 6.42 Å². The summed E-state index contributed by atoms with van der Waals surface area (Å²) in [4.78, 5) is 20.0. The lowest BCUT2D eigenvalue weighted by Gasteiger charge is -2.12. The van der Waals surface area contributed by atoms with Crippen molar-refractivity contribution in [1.29, 1.82) is 0 Å². The highest BCUT2D eigenvalue weighted by Crippen LogP contribution is 2.20. The minimum absolute atomic E-state index is 0. The summed E-state index contributed by atoms with van der Waals surface area (Å²) >= 11 is 0. The first kappa shape index (κ1) is 23.4. The zero-order valence-corrected chi connectivity index (χ0v) is 19.1. The summed E-state index contributed by atoms with van der Waals surface area (Å²) in [6.45, 7) is 1.38. The van der Waals surface area contributed by atoms with Crippen molar-refractivity contribution < 1.29 is 9.53 Å². The second-order valence-electron chi connectivity index (χ2n) is 6.35. The van der Waals surface area contributed by atoms with Gasteiger partial charge in [0.1, 0.15) is 5.75 Å². The molecule has 30 heavy (non-hydrogen) atoms. The van der Waals surface area contributed by atoms with E-state index in [4.69, 9.17) is 4.74 Å². The number of guanidine groups is 1. The number of aromatic nitrogens is 1. The predicted molar refractivity (Wildman–Crippen MR) is 132 cm³/mol. The second-order valence-corrected chi connectivity index (χ2v) is 6.35. The highest BCUT2D eigenvalue weighted by Gasteiger charge is 2.04. The van der Waals surface area contributed by atoms with Crippen LogP contribution in [0.3, 0.4) is 0 Å². The molecule has 0 radical (unpaired) electrons. The number of hydrogen-bond acceptors (Lipinski definition) is 4. The third-order valence-corrected chi connectivity index (χ3v) is 4.19. The van der Waals surface area contributed by atoms with Crippen LogP contribution in [0.5, 0.6) is 5.75 Å². The summed E-state index contributed by atoms with van der Waals surface area (Å²) in [6, 6.07) is 17.8. The van der Waals surface area contributed by atoms with E-state index in [2.05, 4.69) is 44.1 Å². The van der Waals surface area contributed by atoms with Gasteiger partial charge in [-0.1, -0.05) is 30.3 Å². The minimum Gasteiger partial charge on any atom is -0.494 e. The Balaban J connectivity index is 0.00000320. The van der Waals surface area contributed by atoms with Gasteiger partial charge in [0.2, 0.25) is 5.91 Å². The molecule has 3 aromatic rings. The molecule has 3 N–H and O–H groups in total. The van der Waals surface area contributed by atoms with Gasteiger partial charge in [-0.15, -0.1) is 24.0 Å². The Kier molecular flexibility index (Phi) is 9.85. The van der Waals surface area contributed by atoms with E-state index < -0.39 is 0 Å². The summed E-state index contributed by atoms with van der Waals surface area (Å²) in [5.41, 5.74) is 0.660. The summed E-state index contributed by atoms with van der Waals surface area (Å²) < 4.78 is 5.82. The van der Waals surface area contributed by atoms with Gasteiger partial charge in [0, 0.05) is 19.8 Å². The molecule has 0 aliphatic rings. The molecular formula is C22H26IN5O2. The van der Waals surface area contributed by atoms with Gasteiger partial charge in [-0.3, -0.25) is 14.8 Å². The number of carbonyl (C=O) groups excluding carboxylic acids is 1. The number of fused-ring (bicyclic) bond motifs is 1. The number of benzene rings is 2. The number of pyridine rings is 1. The van der Waals surface area contributed by atoms with Crippen LogP contribution in [-0.4, -0.2) is 43.6 Å². The van der Waals surface area contributed by atoms with Gasteiger partial charge >= 0.3 is 0 Å². The van der Waals surface area contributed by atoms with Crippen molar-refractivity contribution in [3.8, 4) is 5.75 Å². The Bertz CT molecular complexity index is 966. The molecule has 158 valence electrons. The van der Waals surface area contributed by atoms with E-state index in [9.17, 15) is 4.79 Å². The molecule has 0 saturated carbocycles. The molecule has 0 aliphatic heterocycles. The number of nitrogens with one attached hydrogen (secondary N) is 3. The fourth-order valence-corrected chi connectivity index (χ4v) is 2.75. The van der Waals surface area contributed by atoms with Crippen LogP contribution < -0.4 is 20.7 Å². The summed E-state index contributed by atoms with van der Waals surface area (Å²) in [7, 11) is 1.67. The first-order chi connectivity index (χ1) is 14.2. The molecule has 0 aliphatic carbocycles. The normalized spacial score (nSPS) is 10.8. The van der Waals surface area contributed by atoms with Crippen LogP contribution in [0, 0.1) is 0 Å². The van der Waals surface area contributed by atoms with E-state index in [1.165, 1.54) is 5.39 Å². The van der Waals surface area contributed by atoms with Crippen LogP contribution in [0.1, 0.15) is 6.42 Å². The Morgan fingerprint density at radius 3 is 2.67 bits per heavy atom. The number of halogens is 1. The monoisotopic (exact) mass is 519 g/mol. The average molecular weight is 519 g/mol. The quantitative estimate of drug-likeness (QED) is 0.184. The van der Waals surface area contributed by atoms with Crippen molar-refractivity contribution in [2.24, 2.45) is 4.99 Å². The molecule has 0 atom stereocenters. The molecule has 8 heteroatoms. The highest BCUT2D eigenvalue weighted by atomic mass is 127. The summed E-state index contributed by atoms with van der Waals surface area (Å²) in [5.74, 6) is 1.26. The van der Waals surface area contributed by atoms with Gasteiger partial charge in [0.25, 0.3) is 0 Å². The van der Waals surface area contributed by atoms with Crippen molar-refractivity contribution >= 4 is 52.3 Å². The van der Waals surface area contributed by atoms with Crippen molar-refractivity contribution in [2.75, 3.05) is 32.1 Å². The number of hydrogen-bond donors (Lipinski definition) is 3. The Hall–Kier alpha value is -2.88. The third kappa shape index (κ3) is 7.51. The molecule has 3 rings (SSSR count). The molecule has 1 heterocycles. The molecule has 0 unspecified atom stereocenters. The highest BCUT2D eigenvalue weighted by molar-refractivity contribution is 14.0. The average Bonchev–Trinajstić information content (AvgIpc) is 2.76. The van der Waals surface area contributed by atoms with E-state index in [1.54, 1.807) is 31.6 Å². The van der Waals surface area contributed by atoms with Gasteiger partial charge in [-0.2, -0.15) is 0 Å². The number of amides is 1. The predicted octanol–water partition coefficient (Wildman–Crippen LogP) is 3.43. The Labute approximate surface area is 193 Å². The summed E-state index contributed by atoms with van der Waals surface area (Å²) in [6.07, 6.45) is 4.05. The topological polar surface area (TPSA) is 87.6 Å². The number of ether oxygens (including phenoxy) is 1. The first-order valence-corrected chi connectivity index (χ1v) is 9.50. The van der Waals surface area contributed by atoms with Crippen LogP contribution >= 0.6 is 24.0 Å². The van der Waals surface area contributed by atoms with E-state index >= 15 is 0 Å². The van der Waals surface area contributed by atoms with Crippen LogP contribution in [0.4, 0.5) is 5.69 Å². The molecule has 0 saturated heterocycles. The first-order valence-electron chi connectivity index (χ1n) is 9.50. The van der Waals surface area contributed by atoms with Crippen LogP contribution in [0.2, 0.25) is 0 Å². The lowest BCUT2D eigenvalue weighted by atomic mass is 10.1. The molecule has 0 spiro atoms. The van der Waals surface area contributed by atoms with Crippen molar-refractivity contribution in [1.82, 2.24) is 15.6 Å². The second kappa shape index (κ2) is 12.6. The van der Waals surface area contributed by atoms with Crippen LogP contribution in [0.25, 0.3) is 10.8 Å². The van der Waals surface area contributed by atoms with Gasteiger partial charge < -0.3 is 20.7 Å². The number of rotatable bonds is 8. The third-order valence-electron chi connectivity index (χ3n) is 4.19. The maximum absolute atomic E-state index is 12.0. The fourth-order valence-electron chi connectivity index (χ4n) is 2.75. The van der Waals surface area contributed by atoms with Gasteiger partial charge in [-0.25, -0.2) is 0 Å². The fraction of sp³-hybridized carbons (Fsp3) is 0.227. The van der Waals surface area contributed by atoms with Gasteiger partial charge in [-0.05, 0) is 41.5 Å². The Morgan fingerprint density at radius 1 is 1.07 bits per heavy atom. The standard InChI is InChI=1S/C22H25N5O2.HI/c1-23-22(26-16-21(28)27-19-8-4-11-24-15-19)25-12-5-13-29-20-10-9-17-6-2-3-7-18(17)14-20;/h2-4,6-11,14-15H,5,12-13,16H2,1H3,(H,27,28)(H2,23,25,26);1H. The van der Waals surface area contributed by atoms with E-state index in [0.717, 1.165) is 17.6 Å². The molecule has 1 amide bonds. The largest absolute Gasteiger partial charge is 0.494 e. The molecule has 7 nitrogen and oxygen atoms in total. The van der Waals surface area contributed by atoms with Gasteiger partial charge in [0.05, 0.1) is 25.0 Å². The number of anilines is 1. The van der Waals surface area contributed by atoms with Crippen molar-refractivity contribution in [3.63, 3.8) is 0 Å².